The number of benzene rings is 1. The van der Waals surface area contributed by atoms with Crippen molar-refractivity contribution in [2.75, 3.05) is 12.4 Å². The lowest BCUT2D eigenvalue weighted by molar-refractivity contribution is 0.412. The highest BCUT2D eigenvalue weighted by Gasteiger charge is 2.27. The van der Waals surface area contributed by atoms with Crippen LogP contribution < -0.4 is 10.1 Å². The molecule has 1 aromatic carbocycles. The minimum Gasteiger partial charge on any atom is -0.495 e. The molecule has 3 heteroatoms. The number of methoxy groups -OCH3 is 1. The maximum Gasteiger partial charge on any atom is 0.135 e. The first kappa shape index (κ1) is 10.8. The van der Waals surface area contributed by atoms with Gasteiger partial charge in [-0.1, -0.05) is 0 Å². The van der Waals surface area contributed by atoms with Gasteiger partial charge in [-0.3, -0.25) is 0 Å². The molecule has 0 heterocycles. The van der Waals surface area contributed by atoms with E-state index in [0.29, 0.717) is 6.04 Å². The molecule has 1 aliphatic carbocycles. The van der Waals surface area contributed by atoms with Crippen LogP contribution in [-0.2, 0) is 0 Å². The minimum atomic E-state index is 0.566. The van der Waals surface area contributed by atoms with Gasteiger partial charge >= 0.3 is 0 Å². The number of halogens is 1. The maximum atomic E-state index is 5.26. The molecule has 1 fully saturated rings. The first-order chi connectivity index (χ1) is 7.20. The fourth-order valence-electron chi connectivity index (χ4n) is 1.73. The summed E-state index contributed by atoms with van der Waals surface area (Å²) in [4.78, 5) is 0. The highest BCUT2D eigenvalue weighted by atomic mass is 79.9. The van der Waals surface area contributed by atoms with Crippen LogP contribution in [0.1, 0.15) is 19.8 Å². The molecule has 0 spiro atoms. The summed E-state index contributed by atoms with van der Waals surface area (Å²) in [5.74, 6) is 1.74. The van der Waals surface area contributed by atoms with Gasteiger partial charge in [0.1, 0.15) is 5.75 Å². The zero-order valence-corrected chi connectivity index (χ0v) is 10.7. The smallest absolute Gasteiger partial charge is 0.135 e. The van der Waals surface area contributed by atoms with Crippen molar-refractivity contribution in [3.8, 4) is 5.75 Å². The first-order valence-electron chi connectivity index (χ1n) is 5.31. The van der Waals surface area contributed by atoms with Gasteiger partial charge in [0.25, 0.3) is 0 Å². The molecule has 0 unspecified atom stereocenters. The highest BCUT2D eigenvalue weighted by molar-refractivity contribution is 9.10. The third-order valence-corrected chi connectivity index (χ3v) is 3.53. The average Bonchev–Trinajstić information content (AvgIpc) is 3.04. The van der Waals surface area contributed by atoms with Crippen molar-refractivity contribution in [3.05, 3.63) is 22.7 Å². The molecular formula is C12H16BrNO. The zero-order valence-electron chi connectivity index (χ0n) is 9.09. The average molecular weight is 270 g/mol. The SMILES string of the molecule is COc1cc(N[C@@H](C)C2CC2)ccc1Br. The lowest BCUT2D eigenvalue weighted by Gasteiger charge is -2.15. The molecule has 0 aliphatic heterocycles. The lowest BCUT2D eigenvalue weighted by atomic mass is 10.2. The van der Waals surface area contributed by atoms with Gasteiger partial charge in [0.05, 0.1) is 11.6 Å². The molecule has 1 N–H and O–H groups in total. The number of hydrogen-bond acceptors (Lipinski definition) is 2. The lowest BCUT2D eigenvalue weighted by Crippen LogP contribution is -2.17. The Balaban J connectivity index is 2.07. The Hall–Kier alpha value is -0.700. The highest BCUT2D eigenvalue weighted by Crippen LogP contribution is 2.35. The predicted molar refractivity (Wildman–Crippen MR) is 66.5 cm³/mol. The van der Waals surface area contributed by atoms with Crippen LogP contribution in [-0.4, -0.2) is 13.2 Å². The van der Waals surface area contributed by atoms with Crippen LogP contribution in [0.5, 0.6) is 5.75 Å². The molecule has 0 bridgehead atoms. The van der Waals surface area contributed by atoms with E-state index in [0.717, 1.165) is 21.8 Å². The van der Waals surface area contributed by atoms with Crippen molar-refractivity contribution >= 4 is 21.6 Å². The number of hydrogen-bond donors (Lipinski definition) is 1. The predicted octanol–water partition coefficient (Wildman–Crippen LogP) is 3.67. The summed E-state index contributed by atoms with van der Waals surface area (Å²) >= 11 is 3.45. The van der Waals surface area contributed by atoms with Crippen LogP contribution >= 0.6 is 15.9 Å². The molecule has 0 radical (unpaired) electrons. The van der Waals surface area contributed by atoms with Crippen LogP contribution in [0.4, 0.5) is 5.69 Å². The van der Waals surface area contributed by atoms with Crippen molar-refractivity contribution in [3.63, 3.8) is 0 Å². The van der Waals surface area contributed by atoms with Crippen LogP contribution in [0.25, 0.3) is 0 Å². The summed E-state index contributed by atoms with van der Waals surface area (Å²) in [6.07, 6.45) is 2.73. The van der Waals surface area contributed by atoms with E-state index < -0.39 is 0 Å². The van der Waals surface area contributed by atoms with Crippen LogP contribution in [0, 0.1) is 5.92 Å². The summed E-state index contributed by atoms with van der Waals surface area (Å²) < 4.78 is 6.25. The Morgan fingerprint density at radius 3 is 2.80 bits per heavy atom. The zero-order chi connectivity index (χ0) is 10.8. The van der Waals surface area contributed by atoms with Crippen molar-refractivity contribution in [1.82, 2.24) is 0 Å². The van der Waals surface area contributed by atoms with Crippen LogP contribution in [0.3, 0.4) is 0 Å². The molecule has 1 saturated carbocycles. The van der Waals surface area contributed by atoms with Gasteiger partial charge in [-0.2, -0.15) is 0 Å². The van der Waals surface area contributed by atoms with Crippen LogP contribution in [0.15, 0.2) is 22.7 Å². The van der Waals surface area contributed by atoms with Crippen molar-refractivity contribution in [1.29, 1.82) is 0 Å². The van der Waals surface area contributed by atoms with Gasteiger partial charge in [0, 0.05) is 17.8 Å². The minimum absolute atomic E-state index is 0.566. The molecule has 1 aliphatic rings. The van der Waals surface area contributed by atoms with E-state index in [9.17, 15) is 0 Å². The van der Waals surface area contributed by atoms with Gasteiger partial charge in [-0.05, 0) is 53.7 Å². The van der Waals surface area contributed by atoms with Crippen molar-refractivity contribution in [2.24, 2.45) is 5.92 Å². The summed E-state index contributed by atoms with van der Waals surface area (Å²) in [6, 6.07) is 6.69. The van der Waals surface area contributed by atoms with E-state index in [2.05, 4.69) is 34.2 Å². The van der Waals surface area contributed by atoms with Crippen molar-refractivity contribution in [2.45, 2.75) is 25.8 Å². The third-order valence-electron chi connectivity index (χ3n) is 2.87. The maximum absolute atomic E-state index is 5.26. The molecule has 1 aromatic rings. The molecule has 2 nitrogen and oxygen atoms in total. The van der Waals surface area contributed by atoms with E-state index in [1.54, 1.807) is 7.11 Å². The first-order valence-corrected chi connectivity index (χ1v) is 6.10. The Bertz CT molecular complexity index is 349. The molecule has 2 rings (SSSR count). The summed E-state index contributed by atoms with van der Waals surface area (Å²) in [6.45, 7) is 2.24. The Kier molecular flexibility index (Phi) is 3.19. The molecular weight excluding hydrogens is 254 g/mol. The normalized spacial score (nSPS) is 17.3. The summed E-state index contributed by atoms with van der Waals surface area (Å²) in [5.41, 5.74) is 1.13. The second-order valence-electron chi connectivity index (χ2n) is 4.12. The topological polar surface area (TPSA) is 21.3 Å². The number of anilines is 1. The Labute approximate surface area is 99.1 Å². The van der Waals surface area contributed by atoms with Crippen LogP contribution in [0.2, 0.25) is 0 Å². The quantitative estimate of drug-likeness (QED) is 0.901. The van der Waals surface area contributed by atoms with E-state index in [4.69, 9.17) is 4.74 Å². The molecule has 0 amide bonds. The number of rotatable bonds is 4. The summed E-state index contributed by atoms with van der Waals surface area (Å²) in [5, 5.41) is 3.50. The standard InChI is InChI=1S/C12H16BrNO/c1-8(9-3-4-9)14-10-5-6-11(13)12(7-10)15-2/h5-9,14H,3-4H2,1-2H3/t8-/m0/s1. The fraction of sp³-hybridized carbons (Fsp3) is 0.500. The van der Waals surface area contributed by atoms with E-state index in [1.165, 1.54) is 12.8 Å². The second-order valence-corrected chi connectivity index (χ2v) is 4.97. The van der Waals surface area contributed by atoms with E-state index in [1.807, 2.05) is 12.1 Å². The molecule has 82 valence electrons. The van der Waals surface area contributed by atoms with E-state index >= 15 is 0 Å². The third kappa shape index (κ3) is 2.65. The molecule has 1 atom stereocenters. The Morgan fingerprint density at radius 1 is 1.47 bits per heavy atom. The van der Waals surface area contributed by atoms with Gasteiger partial charge in [-0.15, -0.1) is 0 Å². The summed E-state index contributed by atoms with van der Waals surface area (Å²) in [7, 11) is 1.69. The second kappa shape index (κ2) is 4.44. The molecule has 0 aromatic heterocycles. The molecule has 0 saturated heterocycles. The number of ether oxygens (including phenoxy) is 1. The molecule has 15 heavy (non-hydrogen) atoms. The monoisotopic (exact) mass is 269 g/mol. The number of nitrogens with one attached hydrogen (secondary N) is 1. The largest absolute Gasteiger partial charge is 0.495 e. The van der Waals surface area contributed by atoms with Gasteiger partial charge < -0.3 is 10.1 Å². The van der Waals surface area contributed by atoms with E-state index in [-0.39, 0.29) is 0 Å². The van der Waals surface area contributed by atoms with Crippen molar-refractivity contribution < 1.29 is 4.74 Å². The van der Waals surface area contributed by atoms with Gasteiger partial charge in [0.2, 0.25) is 0 Å². The van der Waals surface area contributed by atoms with Gasteiger partial charge in [-0.25, -0.2) is 0 Å². The fourth-order valence-corrected chi connectivity index (χ4v) is 2.14. The Morgan fingerprint density at radius 2 is 2.20 bits per heavy atom. The van der Waals surface area contributed by atoms with Gasteiger partial charge in [0.15, 0.2) is 0 Å².